The van der Waals surface area contributed by atoms with E-state index in [0.29, 0.717) is 11.0 Å². The summed E-state index contributed by atoms with van der Waals surface area (Å²) in [5.74, 6) is 0.590. The van der Waals surface area contributed by atoms with E-state index >= 15 is 0 Å². The molecular weight excluding hydrogens is 312 g/mol. The Kier molecular flexibility index (Phi) is 6.80. The highest BCUT2D eigenvalue weighted by Gasteiger charge is 2.08. The van der Waals surface area contributed by atoms with Gasteiger partial charge in [-0.05, 0) is 66.2 Å². The number of nitrogens with one attached hydrogen (secondary N) is 2. The first-order valence-corrected chi connectivity index (χ1v) is 9.28. The summed E-state index contributed by atoms with van der Waals surface area (Å²) in [6.07, 6.45) is 3.13. The van der Waals surface area contributed by atoms with Crippen molar-refractivity contribution in [1.82, 2.24) is 0 Å². The summed E-state index contributed by atoms with van der Waals surface area (Å²) in [5.41, 5.74) is 6.13. The van der Waals surface area contributed by atoms with Crippen LogP contribution in [0, 0.1) is 0 Å². The Labute approximate surface area is 151 Å². The highest BCUT2D eigenvalue weighted by molar-refractivity contribution is 7.80. The minimum atomic E-state index is 0.590. The number of aryl methyl sites for hydroxylation is 2. The van der Waals surface area contributed by atoms with Gasteiger partial charge >= 0.3 is 0 Å². The van der Waals surface area contributed by atoms with Crippen molar-refractivity contribution in [3.05, 3.63) is 59.2 Å². The van der Waals surface area contributed by atoms with Crippen LogP contribution in [0.1, 0.15) is 56.7 Å². The first kappa shape index (κ1) is 18.5. The zero-order valence-electron chi connectivity index (χ0n) is 15.1. The molecule has 0 spiro atoms. The third kappa shape index (κ3) is 4.57. The van der Waals surface area contributed by atoms with Crippen molar-refractivity contribution in [2.45, 2.75) is 52.9 Å². The molecule has 0 aliphatic rings. The maximum absolute atomic E-state index is 5.52. The van der Waals surface area contributed by atoms with E-state index < -0.39 is 0 Å². The van der Waals surface area contributed by atoms with Crippen molar-refractivity contribution in [2.24, 2.45) is 0 Å². The lowest BCUT2D eigenvalue weighted by molar-refractivity contribution is 0.734. The number of rotatable bonds is 6. The van der Waals surface area contributed by atoms with Crippen LogP contribution in [0.15, 0.2) is 42.5 Å². The predicted octanol–water partition coefficient (Wildman–Crippen LogP) is 6.13. The molecule has 0 aliphatic carbocycles. The number of hydrogen-bond acceptors (Lipinski definition) is 1. The molecule has 0 bridgehead atoms. The van der Waals surface area contributed by atoms with Crippen LogP contribution in [0.3, 0.4) is 0 Å². The maximum atomic E-state index is 5.52. The Morgan fingerprint density at radius 2 is 1.50 bits per heavy atom. The van der Waals surface area contributed by atoms with Gasteiger partial charge in [-0.15, -0.1) is 0 Å². The van der Waals surface area contributed by atoms with Crippen molar-refractivity contribution in [2.75, 3.05) is 10.6 Å². The summed E-state index contributed by atoms with van der Waals surface area (Å²) in [7, 11) is 0. The number of anilines is 2. The van der Waals surface area contributed by atoms with Gasteiger partial charge in [0.1, 0.15) is 0 Å². The van der Waals surface area contributed by atoms with Crippen LogP contribution in [0.4, 0.5) is 11.4 Å². The molecule has 0 radical (unpaired) electrons. The fourth-order valence-electron chi connectivity index (χ4n) is 2.81. The van der Waals surface area contributed by atoms with Crippen molar-refractivity contribution < 1.29 is 0 Å². The fourth-order valence-corrected chi connectivity index (χ4v) is 3.03. The molecule has 0 saturated carbocycles. The lowest BCUT2D eigenvalue weighted by Gasteiger charge is -2.17. The molecule has 0 fully saturated rings. The molecule has 0 unspecified atom stereocenters. The standard InChI is InChI=1S/C21H28N2S/c1-5-15(4)18-11-13-19(14-12-18)22-21(24)23-20-16(6-2)9-8-10-17(20)7-3/h8-15H,5-7H2,1-4H3,(H2,22,23,24)/t15-/m0/s1. The molecule has 2 aromatic rings. The van der Waals surface area contributed by atoms with Gasteiger partial charge in [0, 0.05) is 11.4 Å². The van der Waals surface area contributed by atoms with Gasteiger partial charge in [0.2, 0.25) is 0 Å². The van der Waals surface area contributed by atoms with Crippen LogP contribution in [-0.4, -0.2) is 5.11 Å². The Morgan fingerprint density at radius 3 is 2.00 bits per heavy atom. The molecule has 2 rings (SSSR count). The molecule has 0 aliphatic heterocycles. The van der Waals surface area contributed by atoms with Gasteiger partial charge < -0.3 is 10.6 Å². The van der Waals surface area contributed by atoms with Crippen LogP contribution in [0.5, 0.6) is 0 Å². The van der Waals surface area contributed by atoms with Gasteiger partial charge in [-0.3, -0.25) is 0 Å². The average Bonchev–Trinajstić information content (AvgIpc) is 2.61. The molecule has 2 nitrogen and oxygen atoms in total. The van der Waals surface area contributed by atoms with Crippen LogP contribution in [-0.2, 0) is 12.8 Å². The Balaban J connectivity index is 2.09. The normalized spacial score (nSPS) is 11.8. The van der Waals surface area contributed by atoms with Crippen LogP contribution in [0.2, 0.25) is 0 Å². The van der Waals surface area contributed by atoms with Crippen molar-refractivity contribution in [3.63, 3.8) is 0 Å². The monoisotopic (exact) mass is 340 g/mol. The number of benzene rings is 2. The van der Waals surface area contributed by atoms with Gasteiger partial charge in [0.05, 0.1) is 0 Å². The second-order valence-electron chi connectivity index (χ2n) is 6.17. The third-order valence-corrected chi connectivity index (χ3v) is 4.79. The van der Waals surface area contributed by atoms with E-state index in [0.717, 1.165) is 30.6 Å². The van der Waals surface area contributed by atoms with Gasteiger partial charge in [-0.2, -0.15) is 0 Å². The largest absolute Gasteiger partial charge is 0.332 e. The summed E-state index contributed by atoms with van der Waals surface area (Å²) >= 11 is 5.52. The zero-order valence-corrected chi connectivity index (χ0v) is 16.0. The molecule has 0 aromatic heterocycles. The first-order valence-electron chi connectivity index (χ1n) is 8.87. The Hall–Kier alpha value is -1.87. The topological polar surface area (TPSA) is 24.1 Å². The van der Waals surface area contributed by atoms with E-state index in [9.17, 15) is 0 Å². The quantitative estimate of drug-likeness (QED) is 0.618. The molecule has 2 N–H and O–H groups in total. The van der Waals surface area contributed by atoms with Crippen LogP contribution in [0.25, 0.3) is 0 Å². The Morgan fingerprint density at radius 1 is 0.917 bits per heavy atom. The number of para-hydroxylation sites is 1. The minimum Gasteiger partial charge on any atom is -0.332 e. The smallest absolute Gasteiger partial charge is 0.175 e. The number of hydrogen-bond donors (Lipinski definition) is 2. The van der Waals surface area contributed by atoms with Gasteiger partial charge in [0.15, 0.2) is 5.11 Å². The number of thiocarbonyl (C=S) groups is 1. The average molecular weight is 341 g/mol. The molecule has 0 saturated heterocycles. The molecule has 3 heteroatoms. The summed E-state index contributed by atoms with van der Waals surface area (Å²) in [6, 6.07) is 15.0. The molecule has 128 valence electrons. The second kappa shape index (κ2) is 8.84. The Bertz CT molecular complexity index is 654. The fraction of sp³-hybridized carbons (Fsp3) is 0.381. The predicted molar refractivity (Wildman–Crippen MR) is 110 cm³/mol. The molecule has 0 heterocycles. The third-order valence-electron chi connectivity index (χ3n) is 4.59. The van der Waals surface area contributed by atoms with E-state index in [1.807, 2.05) is 0 Å². The van der Waals surface area contributed by atoms with E-state index in [1.165, 1.54) is 16.7 Å². The highest BCUT2D eigenvalue weighted by atomic mass is 32.1. The van der Waals surface area contributed by atoms with Gasteiger partial charge in [-0.25, -0.2) is 0 Å². The summed E-state index contributed by atoms with van der Waals surface area (Å²) in [6.45, 7) is 8.81. The lowest BCUT2D eigenvalue weighted by atomic mass is 9.99. The molecule has 1 atom stereocenters. The maximum Gasteiger partial charge on any atom is 0.175 e. The summed E-state index contributed by atoms with van der Waals surface area (Å²) in [5, 5.41) is 7.34. The second-order valence-corrected chi connectivity index (χ2v) is 6.58. The van der Waals surface area contributed by atoms with Crippen molar-refractivity contribution in [1.29, 1.82) is 0 Å². The van der Waals surface area contributed by atoms with E-state index in [-0.39, 0.29) is 0 Å². The van der Waals surface area contributed by atoms with Gasteiger partial charge in [-0.1, -0.05) is 58.0 Å². The molecule has 24 heavy (non-hydrogen) atoms. The van der Waals surface area contributed by atoms with Crippen molar-refractivity contribution in [3.8, 4) is 0 Å². The van der Waals surface area contributed by atoms with Gasteiger partial charge in [0.25, 0.3) is 0 Å². The van der Waals surface area contributed by atoms with E-state index in [4.69, 9.17) is 12.2 Å². The molecule has 2 aromatic carbocycles. The zero-order chi connectivity index (χ0) is 17.5. The van der Waals surface area contributed by atoms with E-state index in [1.54, 1.807) is 0 Å². The summed E-state index contributed by atoms with van der Waals surface area (Å²) < 4.78 is 0. The highest BCUT2D eigenvalue weighted by Crippen LogP contribution is 2.24. The van der Waals surface area contributed by atoms with Crippen molar-refractivity contribution >= 4 is 28.7 Å². The molecule has 0 amide bonds. The lowest BCUT2D eigenvalue weighted by Crippen LogP contribution is -2.21. The molecular formula is C21H28N2S. The minimum absolute atomic E-state index is 0.590. The first-order chi connectivity index (χ1) is 11.6. The van der Waals surface area contributed by atoms with Crippen LogP contribution >= 0.6 is 12.2 Å². The van der Waals surface area contributed by atoms with Crippen LogP contribution < -0.4 is 10.6 Å². The summed E-state index contributed by atoms with van der Waals surface area (Å²) in [4.78, 5) is 0. The van der Waals surface area contributed by atoms with E-state index in [2.05, 4.69) is 80.8 Å². The SMILES string of the molecule is CCc1cccc(CC)c1NC(=S)Nc1ccc([C@@H](C)CC)cc1.